The summed E-state index contributed by atoms with van der Waals surface area (Å²) >= 11 is 1.76. The van der Waals surface area contributed by atoms with Crippen molar-refractivity contribution >= 4 is 11.8 Å². The average molecular weight is 286 g/mol. The van der Waals surface area contributed by atoms with Crippen LogP contribution in [-0.4, -0.2) is 6.26 Å². The zero-order valence-electron chi connectivity index (χ0n) is 12.3. The summed E-state index contributed by atoms with van der Waals surface area (Å²) in [5.41, 5.74) is 8.15. The molecule has 1 unspecified atom stereocenters. The van der Waals surface area contributed by atoms with Gasteiger partial charge in [0.1, 0.15) is 0 Å². The molecule has 3 heteroatoms. The number of benzene rings is 2. The van der Waals surface area contributed by atoms with Gasteiger partial charge in [-0.1, -0.05) is 47.5 Å². The van der Waals surface area contributed by atoms with Gasteiger partial charge in [0.15, 0.2) is 0 Å². The Bertz CT molecular complexity index is 561. The molecular weight excluding hydrogens is 264 g/mol. The highest BCUT2D eigenvalue weighted by Gasteiger charge is 2.14. The molecular formula is C17H22N2S. The van der Waals surface area contributed by atoms with Crippen LogP contribution in [0.2, 0.25) is 0 Å². The lowest BCUT2D eigenvalue weighted by atomic mass is 9.97. The van der Waals surface area contributed by atoms with E-state index in [1.54, 1.807) is 11.8 Å². The molecule has 0 saturated heterocycles. The number of hydrogen-bond acceptors (Lipinski definition) is 3. The molecule has 1 atom stereocenters. The van der Waals surface area contributed by atoms with E-state index in [0.29, 0.717) is 0 Å². The first kappa shape index (κ1) is 15.1. The molecule has 0 aliphatic heterocycles. The molecule has 0 aliphatic carbocycles. The Morgan fingerprint density at radius 1 is 1.10 bits per heavy atom. The molecule has 0 amide bonds. The van der Waals surface area contributed by atoms with Gasteiger partial charge in [0, 0.05) is 4.90 Å². The highest BCUT2D eigenvalue weighted by atomic mass is 32.2. The first-order valence-electron chi connectivity index (χ1n) is 6.80. The summed E-state index contributed by atoms with van der Waals surface area (Å²) < 4.78 is 0. The SMILES string of the molecule is CSc1ccccc1C(Cc1cc(C)cc(C)c1)NN. The van der Waals surface area contributed by atoms with E-state index < -0.39 is 0 Å². The maximum atomic E-state index is 5.79. The Morgan fingerprint density at radius 3 is 2.35 bits per heavy atom. The van der Waals surface area contributed by atoms with Gasteiger partial charge >= 0.3 is 0 Å². The molecule has 0 heterocycles. The fourth-order valence-corrected chi connectivity index (χ4v) is 3.30. The normalized spacial score (nSPS) is 12.4. The van der Waals surface area contributed by atoms with Crippen molar-refractivity contribution in [2.75, 3.05) is 6.26 Å². The van der Waals surface area contributed by atoms with Crippen molar-refractivity contribution in [3.63, 3.8) is 0 Å². The Labute approximate surface area is 125 Å². The number of rotatable bonds is 5. The average Bonchev–Trinajstić information content (AvgIpc) is 2.43. The molecule has 0 saturated carbocycles. The van der Waals surface area contributed by atoms with Gasteiger partial charge in [-0.2, -0.15) is 0 Å². The second kappa shape index (κ2) is 6.93. The van der Waals surface area contributed by atoms with Crippen LogP contribution in [0.25, 0.3) is 0 Å². The lowest BCUT2D eigenvalue weighted by molar-refractivity contribution is 0.544. The summed E-state index contributed by atoms with van der Waals surface area (Å²) in [5, 5.41) is 0. The fraction of sp³-hybridized carbons (Fsp3) is 0.294. The molecule has 0 aliphatic rings. The number of thioether (sulfide) groups is 1. The van der Waals surface area contributed by atoms with Gasteiger partial charge in [-0.25, -0.2) is 0 Å². The van der Waals surface area contributed by atoms with Crippen molar-refractivity contribution in [2.24, 2.45) is 5.84 Å². The van der Waals surface area contributed by atoms with Gasteiger partial charge in [-0.05, 0) is 43.7 Å². The van der Waals surface area contributed by atoms with Crippen LogP contribution >= 0.6 is 11.8 Å². The Kier molecular flexibility index (Phi) is 5.24. The van der Waals surface area contributed by atoms with E-state index in [4.69, 9.17) is 5.84 Å². The van der Waals surface area contributed by atoms with Crippen LogP contribution in [0, 0.1) is 13.8 Å². The summed E-state index contributed by atoms with van der Waals surface area (Å²) in [4.78, 5) is 1.28. The Balaban J connectivity index is 2.28. The van der Waals surface area contributed by atoms with E-state index in [2.05, 4.69) is 68.0 Å². The van der Waals surface area contributed by atoms with Gasteiger partial charge < -0.3 is 0 Å². The predicted molar refractivity (Wildman–Crippen MR) is 87.9 cm³/mol. The van der Waals surface area contributed by atoms with Gasteiger partial charge in [-0.15, -0.1) is 11.8 Å². The van der Waals surface area contributed by atoms with Crippen LogP contribution in [0.5, 0.6) is 0 Å². The second-order valence-corrected chi connectivity index (χ2v) is 6.01. The van der Waals surface area contributed by atoms with Crippen molar-refractivity contribution in [1.29, 1.82) is 0 Å². The van der Waals surface area contributed by atoms with Crippen LogP contribution < -0.4 is 11.3 Å². The third-order valence-corrected chi connectivity index (χ3v) is 4.25. The largest absolute Gasteiger partial charge is 0.271 e. The van der Waals surface area contributed by atoms with Crippen molar-refractivity contribution in [2.45, 2.75) is 31.2 Å². The van der Waals surface area contributed by atoms with Gasteiger partial charge in [0.2, 0.25) is 0 Å². The molecule has 0 aromatic heterocycles. The van der Waals surface area contributed by atoms with E-state index in [0.717, 1.165) is 6.42 Å². The van der Waals surface area contributed by atoms with Gasteiger partial charge in [0.25, 0.3) is 0 Å². The summed E-state index contributed by atoms with van der Waals surface area (Å²) in [7, 11) is 0. The molecule has 2 aromatic rings. The van der Waals surface area contributed by atoms with Gasteiger partial charge in [0.05, 0.1) is 6.04 Å². The standard InChI is InChI=1S/C17H22N2S/c1-12-8-13(2)10-14(9-12)11-16(19-18)15-6-4-5-7-17(15)20-3/h4-10,16,19H,11,18H2,1-3H3. The molecule has 2 aromatic carbocycles. The van der Waals surface area contributed by atoms with Crippen LogP contribution in [0.15, 0.2) is 47.4 Å². The van der Waals surface area contributed by atoms with Crippen LogP contribution in [0.3, 0.4) is 0 Å². The highest BCUT2D eigenvalue weighted by molar-refractivity contribution is 7.98. The summed E-state index contributed by atoms with van der Waals surface area (Å²) in [5.74, 6) is 5.79. The first-order valence-corrected chi connectivity index (χ1v) is 8.02. The fourth-order valence-electron chi connectivity index (χ4n) is 2.64. The minimum absolute atomic E-state index is 0.139. The molecule has 106 valence electrons. The zero-order valence-corrected chi connectivity index (χ0v) is 13.1. The smallest absolute Gasteiger partial charge is 0.0511 e. The molecule has 2 nitrogen and oxygen atoms in total. The minimum atomic E-state index is 0.139. The third-order valence-electron chi connectivity index (χ3n) is 3.44. The number of hydrogen-bond donors (Lipinski definition) is 2. The quantitative estimate of drug-likeness (QED) is 0.499. The topological polar surface area (TPSA) is 38.0 Å². The maximum absolute atomic E-state index is 5.79. The van der Waals surface area contributed by atoms with E-state index in [-0.39, 0.29) is 6.04 Å². The molecule has 20 heavy (non-hydrogen) atoms. The van der Waals surface area contributed by atoms with E-state index >= 15 is 0 Å². The molecule has 2 rings (SSSR count). The number of nitrogens with one attached hydrogen (secondary N) is 1. The molecule has 0 bridgehead atoms. The van der Waals surface area contributed by atoms with Crippen molar-refractivity contribution < 1.29 is 0 Å². The number of nitrogens with two attached hydrogens (primary N) is 1. The summed E-state index contributed by atoms with van der Waals surface area (Å²) in [6.45, 7) is 4.27. The molecule has 0 spiro atoms. The summed E-state index contributed by atoms with van der Waals surface area (Å²) in [6, 6.07) is 15.2. The number of hydrazine groups is 1. The highest BCUT2D eigenvalue weighted by Crippen LogP contribution is 2.28. The minimum Gasteiger partial charge on any atom is -0.271 e. The molecule has 3 N–H and O–H groups in total. The van der Waals surface area contributed by atoms with Crippen LogP contribution in [-0.2, 0) is 6.42 Å². The Morgan fingerprint density at radius 2 is 1.75 bits per heavy atom. The molecule has 0 fully saturated rings. The lowest BCUT2D eigenvalue weighted by Gasteiger charge is -2.19. The van der Waals surface area contributed by atoms with Crippen LogP contribution in [0.1, 0.15) is 28.3 Å². The third kappa shape index (κ3) is 3.63. The number of aryl methyl sites for hydroxylation is 2. The van der Waals surface area contributed by atoms with Crippen LogP contribution in [0.4, 0.5) is 0 Å². The van der Waals surface area contributed by atoms with E-state index in [1.165, 1.54) is 27.1 Å². The van der Waals surface area contributed by atoms with Crippen molar-refractivity contribution in [3.05, 3.63) is 64.7 Å². The predicted octanol–water partition coefficient (Wildman–Crippen LogP) is 3.77. The summed E-state index contributed by atoms with van der Waals surface area (Å²) in [6.07, 6.45) is 3.00. The van der Waals surface area contributed by atoms with E-state index in [9.17, 15) is 0 Å². The van der Waals surface area contributed by atoms with Crippen molar-refractivity contribution in [1.82, 2.24) is 5.43 Å². The second-order valence-electron chi connectivity index (χ2n) is 5.16. The first-order chi connectivity index (χ1) is 9.63. The molecule has 0 radical (unpaired) electrons. The lowest BCUT2D eigenvalue weighted by Crippen LogP contribution is -2.30. The van der Waals surface area contributed by atoms with Gasteiger partial charge in [-0.3, -0.25) is 11.3 Å². The van der Waals surface area contributed by atoms with E-state index in [1.807, 2.05) is 0 Å². The zero-order chi connectivity index (χ0) is 14.5. The monoisotopic (exact) mass is 286 g/mol. The Hall–Kier alpha value is -1.29. The maximum Gasteiger partial charge on any atom is 0.0511 e. The van der Waals surface area contributed by atoms with Crippen molar-refractivity contribution in [3.8, 4) is 0 Å².